The number of carbonyl (C=O) groups excluding carboxylic acids is 1. The van der Waals surface area contributed by atoms with Gasteiger partial charge in [0.15, 0.2) is 18.1 Å². The summed E-state index contributed by atoms with van der Waals surface area (Å²) in [6, 6.07) is 14.5. The molecule has 146 valence electrons. The van der Waals surface area contributed by atoms with Gasteiger partial charge in [0.25, 0.3) is 5.91 Å². The molecule has 0 bridgehead atoms. The Kier molecular flexibility index (Phi) is 6.46. The van der Waals surface area contributed by atoms with Crippen LogP contribution in [-0.4, -0.2) is 43.4 Å². The molecule has 3 rings (SSSR count). The number of amides is 1. The summed E-state index contributed by atoms with van der Waals surface area (Å²) in [6.07, 6.45) is 0.414. The minimum atomic E-state index is -0.251. The molecular weight excluding hydrogens is 362 g/mol. The fourth-order valence-corrected chi connectivity index (χ4v) is 2.48. The fourth-order valence-electron chi connectivity index (χ4n) is 2.48. The molecule has 28 heavy (non-hydrogen) atoms. The minimum Gasteiger partial charge on any atom is -0.497 e. The molecule has 0 aliphatic carbocycles. The molecule has 0 radical (unpaired) electrons. The van der Waals surface area contributed by atoms with Gasteiger partial charge < -0.3 is 24.1 Å². The van der Waals surface area contributed by atoms with Crippen molar-refractivity contribution in [1.82, 2.24) is 15.5 Å². The van der Waals surface area contributed by atoms with Gasteiger partial charge in [-0.3, -0.25) is 4.79 Å². The number of benzene rings is 2. The van der Waals surface area contributed by atoms with Crippen molar-refractivity contribution in [1.29, 1.82) is 0 Å². The Bertz CT molecular complexity index is 925. The molecule has 0 fully saturated rings. The second kappa shape index (κ2) is 9.40. The van der Waals surface area contributed by atoms with Crippen LogP contribution in [0.3, 0.4) is 0 Å². The van der Waals surface area contributed by atoms with E-state index >= 15 is 0 Å². The van der Waals surface area contributed by atoms with Crippen molar-refractivity contribution in [3.8, 4) is 28.6 Å². The maximum Gasteiger partial charge on any atom is 0.257 e. The van der Waals surface area contributed by atoms with Crippen LogP contribution in [0.1, 0.15) is 5.89 Å². The van der Waals surface area contributed by atoms with Crippen LogP contribution in [0.15, 0.2) is 53.1 Å². The zero-order valence-corrected chi connectivity index (χ0v) is 15.7. The van der Waals surface area contributed by atoms with Crippen LogP contribution in [0.2, 0.25) is 0 Å². The number of hydrogen-bond donors (Lipinski definition) is 1. The molecule has 0 saturated heterocycles. The van der Waals surface area contributed by atoms with Gasteiger partial charge >= 0.3 is 0 Å². The molecule has 8 nitrogen and oxygen atoms in total. The van der Waals surface area contributed by atoms with Crippen LogP contribution in [0.5, 0.6) is 17.2 Å². The number of rotatable bonds is 9. The topological polar surface area (TPSA) is 95.7 Å². The first-order valence-corrected chi connectivity index (χ1v) is 8.69. The van der Waals surface area contributed by atoms with E-state index in [0.717, 1.165) is 5.56 Å². The van der Waals surface area contributed by atoms with E-state index in [9.17, 15) is 4.79 Å². The molecule has 1 N–H and O–H groups in total. The summed E-state index contributed by atoms with van der Waals surface area (Å²) >= 11 is 0. The van der Waals surface area contributed by atoms with Crippen LogP contribution < -0.4 is 19.5 Å². The molecule has 0 aliphatic rings. The lowest BCUT2D eigenvalue weighted by Crippen LogP contribution is -2.30. The zero-order chi connectivity index (χ0) is 19.8. The first-order valence-electron chi connectivity index (χ1n) is 8.69. The summed E-state index contributed by atoms with van der Waals surface area (Å²) in [5.41, 5.74) is 0.795. The third-order valence-corrected chi connectivity index (χ3v) is 3.88. The van der Waals surface area contributed by atoms with E-state index in [-0.39, 0.29) is 12.5 Å². The SMILES string of the molecule is COc1cccc(-c2noc(CCNC(=O)COc3ccccc3OC)n2)c1. The van der Waals surface area contributed by atoms with Gasteiger partial charge in [-0.05, 0) is 24.3 Å². The van der Waals surface area contributed by atoms with E-state index in [1.165, 1.54) is 0 Å². The Morgan fingerprint density at radius 1 is 1.07 bits per heavy atom. The summed E-state index contributed by atoms with van der Waals surface area (Å²) < 4.78 is 21.1. The van der Waals surface area contributed by atoms with Gasteiger partial charge in [-0.15, -0.1) is 0 Å². The van der Waals surface area contributed by atoms with E-state index < -0.39 is 0 Å². The molecule has 2 aromatic carbocycles. The standard InChI is InChI=1S/C20H21N3O5/c1-25-15-7-5-6-14(12-15)20-22-19(28-23-20)10-11-21-18(24)13-27-17-9-4-3-8-16(17)26-2/h3-9,12H,10-11,13H2,1-2H3,(H,21,24). The number of aromatic nitrogens is 2. The van der Waals surface area contributed by atoms with E-state index in [1.54, 1.807) is 26.4 Å². The quantitative estimate of drug-likeness (QED) is 0.606. The number of ether oxygens (including phenoxy) is 3. The normalized spacial score (nSPS) is 10.4. The molecule has 0 unspecified atom stereocenters. The minimum absolute atomic E-state index is 0.112. The average molecular weight is 383 g/mol. The summed E-state index contributed by atoms with van der Waals surface area (Å²) in [6.45, 7) is 0.243. The van der Waals surface area contributed by atoms with Crippen LogP contribution in [-0.2, 0) is 11.2 Å². The van der Waals surface area contributed by atoms with Gasteiger partial charge in [0.05, 0.1) is 14.2 Å². The summed E-state index contributed by atoms with van der Waals surface area (Å²) in [5, 5.41) is 6.72. The van der Waals surface area contributed by atoms with Gasteiger partial charge in [0.1, 0.15) is 5.75 Å². The molecule has 3 aromatic rings. The predicted molar refractivity (Wildman–Crippen MR) is 101 cm³/mol. The second-order valence-electron chi connectivity index (χ2n) is 5.78. The molecule has 0 spiro atoms. The van der Waals surface area contributed by atoms with Crippen LogP contribution >= 0.6 is 0 Å². The van der Waals surface area contributed by atoms with E-state index in [1.807, 2.05) is 36.4 Å². The number of methoxy groups -OCH3 is 2. The molecule has 8 heteroatoms. The molecule has 0 aliphatic heterocycles. The third kappa shape index (κ3) is 5.00. The third-order valence-electron chi connectivity index (χ3n) is 3.88. The number of hydrogen-bond acceptors (Lipinski definition) is 7. The Balaban J connectivity index is 1.46. The highest BCUT2D eigenvalue weighted by atomic mass is 16.5. The maximum absolute atomic E-state index is 11.9. The molecule has 0 saturated carbocycles. The number of para-hydroxylation sites is 2. The van der Waals surface area contributed by atoms with Crippen molar-refractivity contribution >= 4 is 5.91 Å². The summed E-state index contributed by atoms with van der Waals surface area (Å²) in [7, 11) is 3.15. The Labute approximate surface area is 162 Å². The van der Waals surface area contributed by atoms with Crippen molar-refractivity contribution in [2.75, 3.05) is 27.4 Å². The number of nitrogens with one attached hydrogen (secondary N) is 1. The van der Waals surface area contributed by atoms with Crippen LogP contribution in [0.25, 0.3) is 11.4 Å². The molecule has 1 aromatic heterocycles. The first-order chi connectivity index (χ1) is 13.7. The number of carbonyl (C=O) groups is 1. The average Bonchev–Trinajstić information content (AvgIpc) is 3.21. The number of nitrogens with zero attached hydrogens (tertiary/aromatic N) is 2. The van der Waals surface area contributed by atoms with Gasteiger partial charge in [0.2, 0.25) is 11.7 Å². The summed E-state index contributed by atoms with van der Waals surface area (Å²) in [5.74, 6) is 2.46. The van der Waals surface area contributed by atoms with Crippen LogP contribution in [0, 0.1) is 0 Å². The van der Waals surface area contributed by atoms with Gasteiger partial charge in [-0.2, -0.15) is 4.98 Å². The van der Waals surface area contributed by atoms with Gasteiger partial charge in [0, 0.05) is 18.5 Å². The highest BCUT2D eigenvalue weighted by Gasteiger charge is 2.11. The highest BCUT2D eigenvalue weighted by molar-refractivity contribution is 5.77. The van der Waals surface area contributed by atoms with Crippen molar-refractivity contribution in [2.24, 2.45) is 0 Å². The molecule has 1 heterocycles. The van der Waals surface area contributed by atoms with Crippen molar-refractivity contribution in [3.05, 3.63) is 54.4 Å². The first kappa shape index (κ1) is 19.2. The summed E-state index contributed by atoms with van der Waals surface area (Å²) in [4.78, 5) is 16.3. The van der Waals surface area contributed by atoms with E-state index in [4.69, 9.17) is 18.7 Å². The van der Waals surface area contributed by atoms with Gasteiger partial charge in [-0.1, -0.05) is 29.4 Å². The molecular formula is C20H21N3O5. The Morgan fingerprint density at radius 3 is 2.68 bits per heavy atom. The lowest BCUT2D eigenvalue weighted by molar-refractivity contribution is -0.123. The van der Waals surface area contributed by atoms with E-state index in [2.05, 4.69) is 15.5 Å². The lowest BCUT2D eigenvalue weighted by atomic mass is 10.2. The van der Waals surface area contributed by atoms with Crippen LogP contribution in [0.4, 0.5) is 0 Å². The van der Waals surface area contributed by atoms with Crippen molar-refractivity contribution in [2.45, 2.75) is 6.42 Å². The van der Waals surface area contributed by atoms with Gasteiger partial charge in [-0.25, -0.2) is 0 Å². The van der Waals surface area contributed by atoms with Crippen molar-refractivity contribution in [3.63, 3.8) is 0 Å². The predicted octanol–water partition coefficient (Wildman–Crippen LogP) is 2.49. The Hall–Kier alpha value is -3.55. The smallest absolute Gasteiger partial charge is 0.257 e. The Morgan fingerprint density at radius 2 is 1.89 bits per heavy atom. The lowest BCUT2D eigenvalue weighted by Gasteiger charge is -2.10. The zero-order valence-electron chi connectivity index (χ0n) is 15.7. The monoisotopic (exact) mass is 383 g/mol. The maximum atomic E-state index is 11.9. The van der Waals surface area contributed by atoms with E-state index in [0.29, 0.717) is 41.9 Å². The van der Waals surface area contributed by atoms with Crippen molar-refractivity contribution < 1.29 is 23.5 Å². The largest absolute Gasteiger partial charge is 0.497 e. The highest BCUT2D eigenvalue weighted by Crippen LogP contribution is 2.25. The molecule has 0 atom stereocenters. The fraction of sp³-hybridized carbons (Fsp3) is 0.250. The molecule has 1 amide bonds. The second-order valence-corrected chi connectivity index (χ2v) is 5.78.